The Balaban J connectivity index is 0.000000147. The predicted molar refractivity (Wildman–Crippen MR) is 182 cm³/mol. The molecule has 0 amide bonds. The summed E-state index contributed by atoms with van der Waals surface area (Å²) in [4.78, 5) is 11.8. The van der Waals surface area contributed by atoms with Crippen molar-refractivity contribution in [2.75, 3.05) is 0 Å². The van der Waals surface area contributed by atoms with Crippen molar-refractivity contribution in [3.8, 4) is 30.4 Å². The number of ketones is 1. The first kappa shape index (κ1) is 31.8. The number of carbonyl (C=O) groups is 1. The van der Waals surface area contributed by atoms with E-state index in [9.17, 15) is 20.1 Å². The highest BCUT2D eigenvalue weighted by atomic mass is 16.3. The number of hydrogen-bond donors (Lipinski definition) is 3. The summed E-state index contributed by atoms with van der Waals surface area (Å²) < 4.78 is 0. The van der Waals surface area contributed by atoms with Gasteiger partial charge in [0.05, 0.1) is 0 Å². The van der Waals surface area contributed by atoms with Gasteiger partial charge < -0.3 is 15.3 Å². The minimum atomic E-state index is -0.973. The van der Waals surface area contributed by atoms with Crippen LogP contribution in [0, 0.1) is 71.0 Å². The molecule has 0 aliphatic heterocycles. The Morgan fingerprint density at radius 1 is 0.891 bits per heavy atom. The van der Waals surface area contributed by atoms with Crippen LogP contribution in [-0.2, 0) is 11.2 Å². The first-order valence-corrected chi connectivity index (χ1v) is 18.1. The van der Waals surface area contributed by atoms with Gasteiger partial charge in [0, 0.05) is 17.3 Å². The lowest BCUT2D eigenvalue weighted by Crippen LogP contribution is -2.54. The SMILES string of the molecule is C#C[C@]1(O)CC[C@H]2[C@@H]3CCC4=CC(=O)CC[C@@H]4[C@H]3C(=C)C[C@@]21CC.C#C[C@]1(O)CC[C@H]2[C@@H]3CCc4cc(O)ccc4[C@H]3CC[C@@]21C. The molecule has 5 fully saturated rings. The second-order valence-corrected chi connectivity index (χ2v) is 16.4. The van der Waals surface area contributed by atoms with Crippen LogP contribution in [0.2, 0.25) is 0 Å². The number of aryl methyl sites for hydroxylation is 1. The van der Waals surface area contributed by atoms with Crippen LogP contribution >= 0.6 is 0 Å². The van der Waals surface area contributed by atoms with Crippen LogP contribution < -0.4 is 0 Å². The molecule has 0 heterocycles. The van der Waals surface area contributed by atoms with Crippen molar-refractivity contribution < 1.29 is 20.1 Å². The lowest BCUT2D eigenvalue weighted by molar-refractivity contribution is -0.116. The second-order valence-electron chi connectivity index (χ2n) is 16.4. The number of aromatic hydroxyl groups is 1. The van der Waals surface area contributed by atoms with Crippen LogP contribution in [0.25, 0.3) is 0 Å². The Morgan fingerprint density at radius 2 is 1.61 bits per heavy atom. The van der Waals surface area contributed by atoms with E-state index in [1.807, 2.05) is 18.2 Å². The molecule has 5 saturated carbocycles. The van der Waals surface area contributed by atoms with Gasteiger partial charge in [-0.3, -0.25) is 4.79 Å². The molecule has 4 heteroatoms. The summed E-state index contributed by atoms with van der Waals surface area (Å²) in [6.45, 7) is 8.87. The molecule has 11 atom stereocenters. The van der Waals surface area contributed by atoms with Crippen LogP contribution in [0.1, 0.15) is 114 Å². The number of benzene rings is 1. The highest BCUT2D eigenvalue weighted by Crippen LogP contribution is 2.67. The Labute approximate surface area is 276 Å². The van der Waals surface area contributed by atoms with Crippen molar-refractivity contribution in [2.24, 2.45) is 46.3 Å². The third-order valence-corrected chi connectivity index (χ3v) is 15.0. The molecule has 0 unspecified atom stereocenters. The smallest absolute Gasteiger partial charge is 0.155 e. The second kappa shape index (κ2) is 11.1. The molecule has 0 bridgehead atoms. The molecule has 3 N–H and O–H groups in total. The first-order valence-electron chi connectivity index (χ1n) is 18.1. The van der Waals surface area contributed by atoms with E-state index in [2.05, 4.69) is 38.3 Å². The predicted octanol–water partition coefficient (Wildman–Crippen LogP) is 7.66. The number of aliphatic hydroxyl groups is 2. The summed E-state index contributed by atoms with van der Waals surface area (Å²) in [7, 11) is 0. The van der Waals surface area contributed by atoms with Gasteiger partial charge in [0.15, 0.2) is 5.78 Å². The van der Waals surface area contributed by atoms with Gasteiger partial charge in [0.1, 0.15) is 17.0 Å². The highest BCUT2D eigenvalue weighted by Gasteiger charge is 2.64. The van der Waals surface area contributed by atoms with E-state index >= 15 is 0 Å². The Hall–Kier alpha value is -2.79. The van der Waals surface area contributed by atoms with Crippen LogP contribution in [0.15, 0.2) is 42.0 Å². The van der Waals surface area contributed by atoms with E-state index in [1.165, 1.54) is 22.3 Å². The Bertz CT molecular complexity index is 1560. The van der Waals surface area contributed by atoms with Crippen molar-refractivity contribution >= 4 is 5.78 Å². The largest absolute Gasteiger partial charge is 0.508 e. The Morgan fingerprint density at radius 3 is 2.35 bits per heavy atom. The molecular weight excluding hydrogens is 568 g/mol. The van der Waals surface area contributed by atoms with E-state index in [0.29, 0.717) is 59.4 Å². The minimum absolute atomic E-state index is 0.128. The maximum absolute atomic E-state index is 11.8. The molecule has 46 heavy (non-hydrogen) atoms. The van der Waals surface area contributed by atoms with Crippen molar-refractivity contribution in [3.63, 3.8) is 0 Å². The minimum Gasteiger partial charge on any atom is -0.508 e. The van der Waals surface area contributed by atoms with Crippen LogP contribution in [-0.4, -0.2) is 32.3 Å². The average molecular weight is 621 g/mol. The lowest BCUT2D eigenvalue weighted by Gasteiger charge is -2.56. The van der Waals surface area contributed by atoms with Gasteiger partial charge in [-0.1, -0.05) is 49.5 Å². The molecule has 0 saturated heterocycles. The number of fused-ring (bicyclic) bond motifs is 10. The molecule has 244 valence electrons. The van der Waals surface area contributed by atoms with E-state index in [1.54, 1.807) is 0 Å². The third kappa shape index (κ3) is 4.39. The molecule has 7 aliphatic carbocycles. The van der Waals surface area contributed by atoms with Crippen molar-refractivity contribution in [2.45, 2.75) is 121 Å². The quantitative estimate of drug-likeness (QED) is 0.223. The zero-order chi connectivity index (χ0) is 32.6. The maximum Gasteiger partial charge on any atom is 0.155 e. The molecule has 0 aromatic heterocycles. The number of allylic oxidation sites excluding steroid dienone is 2. The number of carbonyl (C=O) groups excluding carboxylic acids is 1. The molecule has 1 aromatic carbocycles. The number of terminal acetylenes is 2. The van der Waals surface area contributed by atoms with Crippen molar-refractivity contribution in [1.82, 2.24) is 0 Å². The summed E-state index contributed by atoms with van der Waals surface area (Å²) in [6.07, 6.45) is 26.8. The van der Waals surface area contributed by atoms with Gasteiger partial charge in [-0.2, -0.15) is 0 Å². The highest BCUT2D eigenvalue weighted by molar-refractivity contribution is 5.91. The lowest BCUT2D eigenvalue weighted by atomic mass is 9.48. The van der Waals surface area contributed by atoms with Gasteiger partial charge in [-0.05, 0) is 154 Å². The van der Waals surface area contributed by atoms with E-state index < -0.39 is 11.2 Å². The summed E-state index contributed by atoms with van der Waals surface area (Å²) in [5.41, 5.74) is 3.17. The van der Waals surface area contributed by atoms with Crippen molar-refractivity contribution in [1.29, 1.82) is 0 Å². The van der Waals surface area contributed by atoms with Crippen LogP contribution in [0.5, 0.6) is 5.75 Å². The molecule has 0 spiro atoms. The maximum atomic E-state index is 11.8. The molecule has 4 nitrogen and oxygen atoms in total. The van der Waals surface area contributed by atoms with E-state index in [0.717, 1.165) is 83.5 Å². The summed E-state index contributed by atoms with van der Waals surface area (Å²) in [5, 5.41) is 31.8. The van der Waals surface area contributed by atoms with E-state index in [4.69, 9.17) is 12.8 Å². The number of rotatable bonds is 1. The van der Waals surface area contributed by atoms with E-state index in [-0.39, 0.29) is 10.8 Å². The van der Waals surface area contributed by atoms with Gasteiger partial charge in [-0.15, -0.1) is 12.8 Å². The first-order chi connectivity index (χ1) is 21.9. The molecule has 8 rings (SSSR count). The number of phenolic OH excluding ortho intramolecular Hbond substituents is 1. The fraction of sp³-hybridized carbons (Fsp3) is 0.643. The van der Waals surface area contributed by atoms with Gasteiger partial charge >= 0.3 is 0 Å². The summed E-state index contributed by atoms with van der Waals surface area (Å²) in [5.74, 6) is 9.95. The molecule has 1 aromatic rings. The fourth-order valence-electron chi connectivity index (χ4n) is 12.7. The Kier molecular flexibility index (Phi) is 7.70. The topological polar surface area (TPSA) is 77.8 Å². The van der Waals surface area contributed by atoms with Crippen LogP contribution in [0.4, 0.5) is 0 Å². The third-order valence-electron chi connectivity index (χ3n) is 15.0. The van der Waals surface area contributed by atoms with Gasteiger partial charge in [0.2, 0.25) is 0 Å². The molecule has 7 aliphatic rings. The molecular formula is C42H52O4. The monoisotopic (exact) mass is 620 g/mol. The molecule has 0 radical (unpaired) electrons. The van der Waals surface area contributed by atoms with Crippen molar-refractivity contribution in [3.05, 3.63) is 53.1 Å². The zero-order valence-corrected chi connectivity index (χ0v) is 27.9. The average Bonchev–Trinajstić information content (AvgIpc) is 3.51. The fourth-order valence-corrected chi connectivity index (χ4v) is 12.7. The zero-order valence-electron chi connectivity index (χ0n) is 27.9. The normalized spacial score (nSPS) is 45.2. The van der Waals surface area contributed by atoms with Gasteiger partial charge in [0.25, 0.3) is 0 Å². The summed E-state index contributed by atoms with van der Waals surface area (Å²) >= 11 is 0. The number of phenols is 1. The van der Waals surface area contributed by atoms with Crippen LogP contribution in [0.3, 0.4) is 0 Å². The summed E-state index contributed by atoms with van der Waals surface area (Å²) in [6, 6.07) is 5.87. The van der Waals surface area contributed by atoms with Gasteiger partial charge in [-0.25, -0.2) is 0 Å². The standard InChI is InChI=1S/C22H28O2.C20H24O2/c1-4-21-13-14(3)20-17-9-7-16(23)12-15(17)6-8-18(20)19(21)10-11-22(21,24)5-2;1-3-20(22)11-9-18-17-6-4-13-12-14(21)5-7-15(13)16(17)8-10-19(18,20)2/h2,12,17-20,24H,3-4,6-11,13H2,1H3;1,5,7,12,16-18,21-22H,4,6,8-11H2,2H3/t17-,18-,19-,20+,21-,22-;16-,17-,18+,19+,20+/m01/s1. The number of hydrogen-bond acceptors (Lipinski definition) is 4.